The topological polar surface area (TPSA) is 41.6 Å². The molecule has 1 saturated carbocycles. The van der Waals surface area contributed by atoms with E-state index in [-0.39, 0.29) is 5.97 Å². The molecule has 1 rings (SSSR count). The fourth-order valence-electron chi connectivity index (χ4n) is 2.14. The first-order valence-corrected chi connectivity index (χ1v) is 7.54. The third kappa shape index (κ3) is 5.49. The van der Waals surface area contributed by atoms with Crippen LogP contribution in [0.5, 0.6) is 0 Å². The third-order valence-electron chi connectivity index (χ3n) is 3.90. The van der Waals surface area contributed by atoms with Gasteiger partial charge >= 0.3 is 5.97 Å². The van der Waals surface area contributed by atoms with Crippen LogP contribution in [0.3, 0.4) is 0 Å². The third-order valence-corrected chi connectivity index (χ3v) is 3.90. The van der Waals surface area contributed by atoms with E-state index in [9.17, 15) is 4.79 Å². The minimum atomic E-state index is -0.519. The monoisotopic (exact) mass is 270 g/mol. The van der Waals surface area contributed by atoms with Gasteiger partial charge in [0.25, 0.3) is 0 Å². The Hall–Kier alpha value is -0.610. The molecule has 0 heterocycles. The molecule has 1 fully saturated rings. The van der Waals surface area contributed by atoms with Gasteiger partial charge < -0.3 is 9.64 Å². The summed E-state index contributed by atoms with van der Waals surface area (Å²) in [5.41, 5.74) is -0.519. The normalized spacial score (nSPS) is 18.7. The quantitative estimate of drug-likeness (QED) is 0.652. The molecule has 0 aromatic rings. The average Bonchev–Trinajstić information content (AvgIpc) is 3.12. The molecule has 0 radical (unpaired) electrons. The predicted molar refractivity (Wildman–Crippen MR) is 78.2 cm³/mol. The first-order valence-electron chi connectivity index (χ1n) is 7.54. The van der Waals surface area contributed by atoms with Crippen molar-refractivity contribution in [1.29, 1.82) is 0 Å². The van der Waals surface area contributed by atoms with Gasteiger partial charge in [0.05, 0.1) is 6.61 Å². The summed E-state index contributed by atoms with van der Waals surface area (Å²) in [6.07, 6.45) is 4.20. The summed E-state index contributed by atoms with van der Waals surface area (Å²) in [4.78, 5) is 14.4. The summed E-state index contributed by atoms with van der Waals surface area (Å²) < 4.78 is 5.23. The van der Waals surface area contributed by atoms with E-state index in [1.165, 1.54) is 12.8 Å². The van der Waals surface area contributed by atoms with E-state index in [4.69, 9.17) is 4.74 Å². The Labute approximate surface area is 117 Å². The highest BCUT2D eigenvalue weighted by atomic mass is 16.5. The van der Waals surface area contributed by atoms with Gasteiger partial charge in [0.1, 0.15) is 5.54 Å². The van der Waals surface area contributed by atoms with Crippen molar-refractivity contribution in [3.63, 3.8) is 0 Å². The number of ether oxygens (including phenoxy) is 1. The van der Waals surface area contributed by atoms with Crippen molar-refractivity contribution in [1.82, 2.24) is 10.2 Å². The first kappa shape index (κ1) is 16.4. The second-order valence-corrected chi connectivity index (χ2v) is 6.15. The molecule has 0 bridgehead atoms. The van der Waals surface area contributed by atoms with Crippen molar-refractivity contribution in [3.05, 3.63) is 0 Å². The Morgan fingerprint density at radius 2 is 2.11 bits per heavy atom. The van der Waals surface area contributed by atoms with Crippen molar-refractivity contribution >= 4 is 5.97 Å². The van der Waals surface area contributed by atoms with Crippen LogP contribution in [0.1, 0.15) is 53.4 Å². The Morgan fingerprint density at radius 1 is 1.47 bits per heavy atom. The van der Waals surface area contributed by atoms with Gasteiger partial charge in [0.15, 0.2) is 0 Å². The van der Waals surface area contributed by atoms with Crippen LogP contribution >= 0.6 is 0 Å². The summed E-state index contributed by atoms with van der Waals surface area (Å²) >= 11 is 0. The molecule has 1 atom stereocenters. The standard InChI is InChI=1S/C15H30N2O2/c1-6-19-14(18)15(4,16-13-8-9-13)10-7-11-17(5)12(2)3/h12-13,16H,6-11H2,1-5H3. The lowest BCUT2D eigenvalue weighted by atomic mass is 9.95. The van der Waals surface area contributed by atoms with Gasteiger partial charge in [0, 0.05) is 12.1 Å². The zero-order chi connectivity index (χ0) is 14.5. The van der Waals surface area contributed by atoms with Crippen LogP contribution in [0.2, 0.25) is 0 Å². The number of nitrogens with zero attached hydrogens (tertiary/aromatic N) is 1. The number of carbonyl (C=O) groups excluding carboxylic acids is 1. The van der Waals surface area contributed by atoms with Gasteiger partial charge in [-0.25, -0.2) is 0 Å². The molecule has 112 valence electrons. The molecule has 0 amide bonds. The maximum Gasteiger partial charge on any atom is 0.326 e. The summed E-state index contributed by atoms with van der Waals surface area (Å²) in [6.45, 7) is 9.69. The highest BCUT2D eigenvalue weighted by Crippen LogP contribution is 2.25. The molecular formula is C15H30N2O2. The van der Waals surface area contributed by atoms with E-state index < -0.39 is 5.54 Å². The first-order chi connectivity index (χ1) is 8.89. The smallest absolute Gasteiger partial charge is 0.326 e. The fraction of sp³-hybridized carbons (Fsp3) is 0.933. The molecule has 0 aromatic carbocycles. The molecule has 0 aromatic heterocycles. The van der Waals surface area contributed by atoms with Gasteiger partial charge in [-0.15, -0.1) is 0 Å². The maximum atomic E-state index is 12.1. The number of nitrogens with one attached hydrogen (secondary N) is 1. The zero-order valence-corrected chi connectivity index (χ0v) is 13.2. The largest absolute Gasteiger partial charge is 0.465 e. The average molecular weight is 270 g/mol. The molecule has 1 aliphatic rings. The number of rotatable bonds is 9. The van der Waals surface area contributed by atoms with Crippen molar-refractivity contribution in [2.24, 2.45) is 0 Å². The number of hydrogen-bond donors (Lipinski definition) is 1. The van der Waals surface area contributed by atoms with Crippen LogP contribution in [-0.4, -0.2) is 48.7 Å². The molecule has 0 aliphatic heterocycles. The lowest BCUT2D eigenvalue weighted by molar-refractivity contribution is -0.151. The van der Waals surface area contributed by atoms with Crippen molar-refractivity contribution < 1.29 is 9.53 Å². The molecule has 1 unspecified atom stereocenters. The fourth-order valence-corrected chi connectivity index (χ4v) is 2.14. The summed E-state index contributed by atoms with van der Waals surface area (Å²) in [6, 6.07) is 1.06. The Morgan fingerprint density at radius 3 is 2.58 bits per heavy atom. The minimum absolute atomic E-state index is 0.103. The van der Waals surface area contributed by atoms with Crippen LogP contribution in [0.4, 0.5) is 0 Å². The van der Waals surface area contributed by atoms with E-state index in [1.54, 1.807) is 0 Å². The van der Waals surface area contributed by atoms with E-state index in [0.29, 0.717) is 18.7 Å². The van der Waals surface area contributed by atoms with Crippen LogP contribution in [-0.2, 0) is 9.53 Å². The summed E-state index contributed by atoms with van der Waals surface area (Å²) in [5, 5.41) is 3.46. The highest BCUT2D eigenvalue weighted by Gasteiger charge is 2.39. The number of hydrogen-bond acceptors (Lipinski definition) is 4. The van der Waals surface area contributed by atoms with Crippen LogP contribution in [0.25, 0.3) is 0 Å². The van der Waals surface area contributed by atoms with Gasteiger partial charge in [0.2, 0.25) is 0 Å². The molecule has 4 heteroatoms. The molecule has 4 nitrogen and oxygen atoms in total. The van der Waals surface area contributed by atoms with Gasteiger partial charge in [-0.1, -0.05) is 0 Å². The molecule has 0 saturated heterocycles. The summed E-state index contributed by atoms with van der Waals surface area (Å²) in [7, 11) is 2.13. The SMILES string of the molecule is CCOC(=O)C(C)(CCCN(C)C(C)C)NC1CC1. The van der Waals surface area contributed by atoms with Crippen molar-refractivity contribution in [2.45, 2.75) is 71.0 Å². The van der Waals surface area contributed by atoms with Gasteiger partial charge in [-0.2, -0.15) is 0 Å². The van der Waals surface area contributed by atoms with E-state index >= 15 is 0 Å². The van der Waals surface area contributed by atoms with E-state index in [2.05, 4.69) is 31.1 Å². The van der Waals surface area contributed by atoms with Gasteiger partial charge in [-0.05, 0) is 67.0 Å². The minimum Gasteiger partial charge on any atom is -0.465 e. The van der Waals surface area contributed by atoms with Gasteiger partial charge in [-0.3, -0.25) is 10.1 Å². The molecule has 1 N–H and O–H groups in total. The molecule has 1 aliphatic carbocycles. The highest BCUT2D eigenvalue weighted by molar-refractivity contribution is 5.80. The van der Waals surface area contributed by atoms with Crippen LogP contribution < -0.4 is 5.32 Å². The maximum absolute atomic E-state index is 12.1. The Kier molecular flexibility index (Phi) is 6.27. The molecule has 0 spiro atoms. The van der Waals surface area contributed by atoms with E-state index in [1.807, 2.05) is 13.8 Å². The molecule has 19 heavy (non-hydrogen) atoms. The lowest BCUT2D eigenvalue weighted by Gasteiger charge is -2.30. The van der Waals surface area contributed by atoms with Crippen molar-refractivity contribution in [2.75, 3.05) is 20.2 Å². The van der Waals surface area contributed by atoms with E-state index in [0.717, 1.165) is 19.4 Å². The van der Waals surface area contributed by atoms with Crippen molar-refractivity contribution in [3.8, 4) is 0 Å². The van der Waals surface area contributed by atoms with Crippen LogP contribution in [0.15, 0.2) is 0 Å². The molecular weight excluding hydrogens is 240 g/mol. The second-order valence-electron chi connectivity index (χ2n) is 6.15. The second kappa shape index (κ2) is 7.25. The Bertz CT molecular complexity index is 290. The number of esters is 1. The number of carbonyl (C=O) groups is 1. The lowest BCUT2D eigenvalue weighted by Crippen LogP contribution is -2.51. The summed E-state index contributed by atoms with van der Waals surface area (Å²) in [5.74, 6) is -0.103. The predicted octanol–water partition coefficient (Wildman–Crippen LogP) is 2.18. The Balaban J connectivity index is 2.46. The zero-order valence-electron chi connectivity index (χ0n) is 13.2. The van der Waals surface area contributed by atoms with Crippen LogP contribution in [0, 0.1) is 0 Å².